The Bertz CT molecular complexity index is 660. The monoisotopic (exact) mass is 450 g/mol. The van der Waals surface area contributed by atoms with Crippen LogP contribution in [-0.2, 0) is 26.2 Å². The molecule has 0 spiro atoms. The molecule has 0 saturated heterocycles. The molecule has 0 fully saturated rings. The summed E-state index contributed by atoms with van der Waals surface area (Å²) in [6.45, 7) is 3.98. The van der Waals surface area contributed by atoms with E-state index in [-0.39, 0.29) is 29.4 Å². The van der Waals surface area contributed by atoms with Crippen molar-refractivity contribution in [3.63, 3.8) is 0 Å². The average Bonchev–Trinajstić information content (AvgIpc) is 2.67. The van der Waals surface area contributed by atoms with Gasteiger partial charge < -0.3 is 18.9 Å². The zero-order chi connectivity index (χ0) is 19.5. The Labute approximate surface area is 173 Å². The molecule has 150 valence electrons. The van der Waals surface area contributed by atoms with Gasteiger partial charge in [-0.05, 0) is 35.8 Å². The molecular weight excluding hydrogens is 422 g/mol. The average molecular weight is 450 g/mol. The van der Waals surface area contributed by atoms with Gasteiger partial charge >= 0.3 is 17.1 Å². The molecule has 2 rings (SSSR count). The zero-order valence-corrected chi connectivity index (χ0v) is 18.8. The van der Waals surface area contributed by atoms with E-state index >= 15 is 0 Å². The second-order valence-corrected chi connectivity index (χ2v) is 10.8. The van der Waals surface area contributed by atoms with Crippen LogP contribution in [0.4, 0.5) is 0 Å². The van der Waals surface area contributed by atoms with Gasteiger partial charge in [-0.3, -0.25) is 0 Å². The van der Waals surface area contributed by atoms with Gasteiger partial charge in [0, 0.05) is 14.7 Å². The van der Waals surface area contributed by atoms with Crippen LogP contribution in [0.25, 0.3) is 0 Å². The van der Waals surface area contributed by atoms with Crippen LogP contribution in [0.15, 0.2) is 60.7 Å². The minimum absolute atomic E-state index is 0. The number of benzene rings is 2. The minimum Gasteiger partial charge on any atom is -0.796 e. The first kappa shape index (κ1) is 26.3. The molecular formula is C20H28FeO4P2. The van der Waals surface area contributed by atoms with Crippen LogP contribution in [0.1, 0.15) is 39.5 Å². The second-order valence-electron chi connectivity index (χ2n) is 6.17. The van der Waals surface area contributed by atoms with E-state index in [1.54, 1.807) is 48.5 Å². The third-order valence-corrected chi connectivity index (χ3v) is 7.89. The van der Waals surface area contributed by atoms with Gasteiger partial charge in [-0.15, -0.1) is 0 Å². The molecule has 0 heterocycles. The molecule has 0 saturated carbocycles. The summed E-state index contributed by atoms with van der Waals surface area (Å²) in [4.78, 5) is 23.2. The molecule has 0 aliphatic carbocycles. The Hall–Kier alpha value is -0.661. The van der Waals surface area contributed by atoms with Crippen LogP contribution in [-0.4, -0.2) is 12.3 Å². The fourth-order valence-electron chi connectivity index (χ4n) is 2.30. The van der Waals surface area contributed by atoms with E-state index in [0.717, 1.165) is 25.7 Å². The van der Waals surface area contributed by atoms with Crippen molar-refractivity contribution in [1.29, 1.82) is 0 Å². The quantitative estimate of drug-likeness (QED) is 0.456. The van der Waals surface area contributed by atoms with Crippen LogP contribution in [0, 0.1) is 0 Å². The number of hydrogen-bond donors (Lipinski definition) is 0. The summed E-state index contributed by atoms with van der Waals surface area (Å²) in [5.74, 6) is 0. The summed E-state index contributed by atoms with van der Waals surface area (Å²) in [7, 11) is -6.62. The van der Waals surface area contributed by atoms with Crippen molar-refractivity contribution < 1.29 is 36.0 Å². The maximum Gasteiger partial charge on any atom is 2.00 e. The summed E-state index contributed by atoms with van der Waals surface area (Å²) in [5, 5.41) is 0.923. The SMILES string of the molecule is CCCCP(=O)([O-])c1ccccc1.CCCCP(=O)([O-])c1ccccc1.[Fe+2]. The van der Waals surface area contributed by atoms with Crippen molar-refractivity contribution in [3.05, 3.63) is 60.7 Å². The van der Waals surface area contributed by atoms with Crippen LogP contribution in [0.3, 0.4) is 0 Å². The molecule has 0 radical (unpaired) electrons. The number of unbranched alkanes of at least 4 members (excludes halogenated alkanes) is 2. The van der Waals surface area contributed by atoms with Crippen molar-refractivity contribution >= 4 is 25.3 Å². The Balaban J connectivity index is 0.000000483. The van der Waals surface area contributed by atoms with Crippen LogP contribution in [0.5, 0.6) is 0 Å². The van der Waals surface area contributed by atoms with Gasteiger partial charge in [0.05, 0.1) is 0 Å². The van der Waals surface area contributed by atoms with Crippen LogP contribution >= 0.6 is 14.7 Å². The maximum atomic E-state index is 11.6. The molecule has 2 atom stereocenters. The molecule has 2 aromatic carbocycles. The topological polar surface area (TPSA) is 80.3 Å². The molecule has 2 unspecified atom stereocenters. The maximum absolute atomic E-state index is 11.6. The third-order valence-electron chi connectivity index (χ3n) is 3.91. The number of rotatable bonds is 8. The van der Waals surface area contributed by atoms with Crippen molar-refractivity contribution in [2.75, 3.05) is 12.3 Å². The molecule has 7 heteroatoms. The van der Waals surface area contributed by atoms with Crippen molar-refractivity contribution in [2.45, 2.75) is 39.5 Å². The zero-order valence-electron chi connectivity index (χ0n) is 15.9. The first-order valence-electron chi connectivity index (χ1n) is 9.05. The Morgan fingerprint density at radius 1 is 0.667 bits per heavy atom. The minimum atomic E-state index is -3.31. The van der Waals surface area contributed by atoms with Crippen molar-refractivity contribution in [3.8, 4) is 0 Å². The third kappa shape index (κ3) is 9.90. The molecule has 0 aromatic heterocycles. The summed E-state index contributed by atoms with van der Waals surface area (Å²) >= 11 is 0. The summed E-state index contributed by atoms with van der Waals surface area (Å²) in [6, 6.07) is 17.3. The van der Waals surface area contributed by atoms with E-state index in [1.165, 1.54) is 0 Å². The van der Waals surface area contributed by atoms with E-state index in [2.05, 4.69) is 0 Å². The van der Waals surface area contributed by atoms with Crippen molar-refractivity contribution in [1.82, 2.24) is 0 Å². The summed E-state index contributed by atoms with van der Waals surface area (Å²) in [5.41, 5.74) is 0. The number of hydrogen-bond acceptors (Lipinski definition) is 4. The Morgan fingerprint density at radius 2 is 0.963 bits per heavy atom. The van der Waals surface area contributed by atoms with Gasteiger partial charge in [-0.1, -0.05) is 87.4 Å². The molecule has 0 amide bonds. The molecule has 4 nitrogen and oxygen atoms in total. The van der Waals surface area contributed by atoms with Crippen LogP contribution in [0.2, 0.25) is 0 Å². The molecule has 0 bridgehead atoms. The van der Waals surface area contributed by atoms with E-state index in [9.17, 15) is 18.9 Å². The van der Waals surface area contributed by atoms with E-state index in [0.29, 0.717) is 10.6 Å². The van der Waals surface area contributed by atoms with Crippen LogP contribution < -0.4 is 20.4 Å². The first-order chi connectivity index (χ1) is 12.3. The van der Waals surface area contributed by atoms with E-state index < -0.39 is 14.7 Å². The van der Waals surface area contributed by atoms with Gasteiger partial charge in [0.1, 0.15) is 0 Å². The fraction of sp³-hybridized carbons (Fsp3) is 0.400. The Morgan fingerprint density at radius 3 is 1.22 bits per heavy atom. The molecule has 2 aromatic rings. The second kappa shape index (κ2) is 13.5. The van der Waals surface area contributed by atoms with Gasteiger partial charge in [0.2, 0.25) is 0 Å². The molecule has 0 aliphatic rings. The predicted octanol–water partition coefficient (Wildman–Crippen LogP) is 3.50. The van der Waals surface area contributed by atoms with Gasteiger partial charge in [-0.25, -0.2) is 0 Å². The van der Waals surface area contributed by atoms with Crippen molar-refractivity contribution in [2.24, 2.45) is 0 Å². The standard InChI is InChI=1S/2C10H15O2P.Fe/c2*1-2-3-9-13(11,12)10-7-5-4-6-8-10;/h2*4-8H,2-3,9H2,1H3,(H,11,12);/q;;+2/p-2. The summed E-state index contributed by atoms with van der Waals surface area (Å²) < 4.78 is 23.2. The fourth-order valence-corrected chi connectivity index (χ4v) is 5.54. The molecule has 0 aliphatic heterocycles. The smallest absolute Gasteiger partial charge is 0.796 e. The molecule has 27 heavy (non-hydrogen) atoms. The van der Waals surface area contributed by atoms with E-state index in [1.807, 2.05) is 26.0 Å². The molecule has 0 N–H and O–H groups in total. The first-order valence-corrected chi connectivity index (χ1v) is 12.7. The van der Waals surface area contributed by atoms with Gasteiger partial charge in [0.15, 0.2) is 0 Å². The predicted molar refractivity (Wildman–Crippen MR) is 107 cm³/mol. The van der Waals surface area contributed by atoms with E-state index in [4.69, 9.17) is 0 Å². The normalized spacial score (nSPS) is 14.7. The Kier molecular flexibility index (Phi) is 13.2. The summed E-state index contributed by atoms with van der Waals surface area (Å²) in [6.07, 6.45) is 3.89. The van der Waals surface area contributed by atoms with Gasteiger partial charge in [-0.2, -0.15) is 0 Å². The largest absolute Gasteiger partial charge is 2.00 e. The van der Waals surface area contributed by atoms with Gasteiger partial charge in [0.25, 0.3) is 0 Å².